The molecule has 2 aromatic carbocycles. The Balaban J connectivity index is 1.77. The standard InChI is InChI=1S/C28H34N6O7/c29-19(12-16-6-2-1-3-7-16)25(37)33-22(13-17-14-31-20-9-5-4-8-18(17)20)26(38)34-23(15-35)27(39)32-21(28(40)41)10-11-24(30)36/h1-9,14,19,21-23,31,35H,10-13,15,29H2,(H2,30,36)(H,32,39)(H,33,37)(H,34,38)(H,40,41). The number of amides is 4. The molecule has 1 heterocycles. The average Bonchev–Trinajstić information content (AvgIpc) is 3.36. The molecule has 13 heteroatoms. The third-order valence-corrected chi connectivity index (χ3v) is 6.48. The summed E-state index contributed by atoms with van der Waals surface area (Å²) >= 11 is 0. The molecule has 4 atom stereocenters. The monoisotopic (exact) mass is 566 g/mol. The van der Waals surface area contributed by atoms with Crippen LogP contribution in [0.3, 0.4) is 0 Å². The number of fused-ring (bicyclic) bond motifs is 1. The highest BCUT2D eigenvalue weighted by atomic mass is 16.4. The van der Waals surface area contributed by atoms with Crippen molar-refractivity contribution in [2.45, 2.75) is 49.9 Å². The normalized spacial score (nSPS) is 13.9. The van der Waals surface area contributed by atoms with Crippen molar-refractivity contribution in [1.29, 1.82) is 0 Å². The van der Waals surface area contributed by atoms with Crippen LogP contribution in [0.5, 0.6) is 0 Å². The largest absolute Gasteiger partial charge is 0.480 e. The summed E-state index contributed by atoms with van der Waals surface area (Å²) in [7, 11) is 0. The molecule has 0 saturated heterocycles. The minimum atomic E-state index is -1.54. The second-order valence-electron chi connectivity index (χ2n) is 9.57. The van der Waals surface area contributed by atoms with E-state index in [4.69, 9.17) is 11.5 Å². The van der Waals surface area contributed by atoms with Crippen molar-refractivity contribution in [1.82, 2.24) is 20.9 Å². The third kappa shape index (κ3) is 8.88. The number of carboxylic acids is 1. The Morgan fingerprint density at radius 1 is 0.805 bits per heavy atom. The van der Waals surface area contributed by atoms with Gasteiger partial charge in [0.15, 0.2) is 0 Å². The first-order chi connectivity index (χ1) is 19.6. The van der Waals surface area contributed by atoms with Crippen molar-refractivity contribution in [2.75, 3.05) is 6.61 Å². The van der Waals surface area contributed by atoms with Crippen molar-refractivity contribution in [2.24, 2.45) is 11.5 Å². The smallest absolute Gasteiger partial charge is 0.326 e. The zero-order valence-electron chi connectivity index (χ0n) is 22.2. The van der Waals surface area contributed by atoms with E-state index < -0.39 is 60.4 Å². The second kappa shape index (κ2) is 14.6. The maximum absolute atomic E-state index is 13.4. The Morgan fingerprint density at radius 2 is 1.41 bits per heavy atom. The number of nitrogens with one attached hydrogen (secondary N) is 4. The second-order valence-corrected chi connectivity index (χ2v) is 9.57. The molecule has 0 aliphatic rings. The first-order valence-corrected chi connectivity index (χ1v) is 13.0. The summed E-state index contributed by atoms with van der Waals surface area (Å²) in [5.41, 5.74) is 13.5. The number of aliphatic carboxylic acids is 1. The lowest BCUT2D eigenvalue weighted by Gasteiger charge is -2.24. The van der Waals surface area contributed by atoms with Crippen LogP contribution in [0.15, 0.2) is 60.8 Å². The molecule has 13 nitrogen and oxygen atoms in total. The Labute approximate surface area is 235 Å². The maximum atomic E-state index is 13.4. The minimum absolute atomic E-state index is 0.0236. The predicted molar refractivity (Wildman–Crippen MR) is 149 cm³/mol. The number of hydrogen-bond acceptors (Lipinski definition) is 7. The number of benzene rings is 2. The van der Waals surface area contributed by atoms with Crippen LogP contribution in [-0.2, 0) is 36.8 Å². The molecule has 0 saturated carbocycles. The number of carboxylic acid groups (broad SMARTS) is 1. The Kier molecular flexibility index (Phi) is 11.0. The molecule has 4 unspecified atom stereocenters. The lowest BCUT2D eigenvalue weighted by atomic mass is 10.0. The molecule has 10 N–H and O–H groups in total. The van der Waals surface area contributed by atoms with Crippen LogP contribution in [0.1, 0.15) is 24.0 Å². The number of H-pyrrole nitrogens is 1. The number of carbonyl (C=O) groups excluding carboxylic acids is 4. The van der Waals surface area contributed by atoms with Crippen molar-refractivity contribution in [3.63, 3.8) is 0 Å². The fourth-order valence-corrected chi connectivity index (χ4v) is 4.25. The third-order valence-electron chi connectivity index (χ3n) is 6.48. The summed E-state index contributed by atoms with van der Waals surface area (Å²) in [6.45, 7) is -0.860. The van der Waals surface area contributed by atoms with Crippen molar-refractivity contribution >= 4 is 40.5 Å². The Bertz CT molecular complexity index is 1380. The molecule has 0 spiro atoms. The van der Waals surface area contributed by atoms with Crippen LogP contribution >= 0.6 is 0 Å². The number of aromatic nitrogens is 1. The average molecular weight is 567 g/mol. The van der Waals surface area contributed by atoms with Crippen LogP contribution in [0.25, 0.3) is 10.9 Å². The zero-order valence-corrected chi connectivity index (χ0v) is 22.2. The van der Waals surface area contributed by atoms with Crippen molar-refractivity contribution in [3.8, 4) is 0 Å². The van der Waals surface area contributed by atoms with Gasteiger partial charge in [0.25, 0.3) is 0 Å². The Hall–Kier alpha value is -4.75. The maximum Gasteiger partial charge on any atom is 0.326 e. The van der Waals surface area contributed by atoms with E-state index in [0.717, 1.165) is 16.5 Å². The van der Waals surface area contributed by atoms with Gasteiger partial charge in [-0.15, -0.1) is 0 Å². The molecule has 1 aromatic heterocycles. The fourth-order valence-electron chi connectivity index (χ4n) is 4.25. The molecule has 0 aliphatic heterocycles. The van der Waals surface area contributed by atoms with E-state index >= 15 is 0 Å². The van der Waals surface area contributed by atoms with Crippen LogP contribution in [0, 0.1) is 0 Å². The first-order valence-electron chi connectivity index (χ1n) is 13.0. The van der Waals surface area contributed by atoms with E-state index in [1.807, 2.05) is 54.6 Å². The molecular weight excluding hydrogens is 532 g/mol. The van der Waals surface area contributed by atoms with Gasteiger partial charge in [0, 0.05) is 29.9 Å². The van der Waals surface area contributed by atoms with E-state index in [1.54, 1.807) is 6.20 Å². The molecular formula is C28H34N6O7. The molecule has 0 bridgehead atoms. The fraction of sp³-hybridized carbons (Fsp3) is 0.321. The highest BCUT2D eigenvalue weighted by molar-refractivity contribution is 5.95. The first kappa shape index (κ1) is 30.8. The highest BCUT2D eigenvalue weighted by Crippen LogP contribution is 2.19. The number of rotatable bonds is 15. The van der Waals surface area contributed by atoms with Gasteiger partial charge in [-0.1, -0.05) is 48.5 Å². The van der Waals surface area contributed by atoms with Gasteiger partial charge in [-0.3, -0.25) is 19.2 Å². The summed E-state index contributed by atoms with van der Waals surface area (Å²) in [5, 5.41) is 27.2. The van der Waals surface area contributed by atoms with E-state index in [9.17, 15) is 34.2 Å². The van der Waals surface area contributed by atoms with Gasteiger partial charge in [-0.05, 0) is 30.0 Å². The number of primary amides is 1. The number of aromatic amines is 1. The molecule has 41 heavy (non-hydrogen) atoms. The summed E-state index contributed by atoms with van der Waals surface area (Å²) in [6.07, 6.45) is 1.37. The van der Waals surface area contributed by atoms with Crippen molar-refractivity contribution in [3.05, 3.63) is 71.9 Å². The van der Waals surface area contributed by atoms with E-state index in [0.29, 0.717) is 5.56 Å². The Morgan fingerprint density at radius 3 is 2.07 bits per heavy atom. The molecule has 4 amide bonds. The van der Waals surface area contributed by atoms with Gasteiger partial charge < -0.3 is 42.6 Å². The van der Waals surface area contributed by atoms with E-state index in [1.165, 1.54) is 0 Å². The minimum Gasteiger partial charge on any atom is -0.480 e. The van der Waals surface area contributed by atoms with Crippen LogP contribution < -0.4 is 27.4 Å². The summed E-state index contributed by atoms with van der Waals surface area (Å²) in [4.78, 5) is 64.8. The lowest BCUT2D eigenvalue weighted by molar-refractivity contribution is -0.143. The predicted octanol–water partition coefficient (Wildman–Crippen LogP) is -0.923. The number of para-hydroxylation sites is 1. The van der Waals surface area contributed by atoms with Crippen LogP contribution in [0.2, 0.25) is 0 Å². The van der Waals surface area contributed by atoms with Crippen LogP contribution in [0.4, 0.5) is 0 Å². The van der Waals surface area contributed by atoms with Gasteiger partial charge in [0.2, 0.25) is 23.6 Å². The quantitative estimate of drug-likeness (QED) is 0.114. The molecule has 218 valence electrons. The topological polar surface area (TPSA) is 230 Å². The molecule has 0 fully saturated rings. The van der Waals surface area contributed by atoms with E-state index in [2.05, 4.69) is 20.9 Å². The zero-order chi connectivity index (χ0) is 29.9. The molecule has 3 rings (SSSR count). The van der Waals surface area contributed by atoms with Crippen molar-refractivity contribution < 1.29 is 34.2 Å². The number of nitrogens with two attached hydrogens (primary N) is 2. The molecule has 3 aromatic rings. The SMILES string of the molecule is NC(=O)CCC(NC(=O)C(CO)NC(=O)C(Cc1c[nH]c2ccccc12)NC(=O)C(N)Cc1ccccc1)C(=O)O. The highest BCUT2D eigenvalue weighted by Gasteiger charge is 2.31. The summed E-state index contributed by atoms with van der Waals surface area (Å²) < 4.78 is 0. The van der Waals surface area contributed by atoms with Gasteiger partial charge in [-0.2, -0.15) is 0 Å². The number of carbonyl (C=O) groups is 5. The van der Waals surface area contributed by atoms with Crippen LogP contribution in [-0.4, -0.2) is 75.6 Å². The van der Waals surface area contributed by atoms with Gasteiger partial charge in [-0.25, -0.2) is 4.79 Å². The van der Waals surface area contributed by atoms with Gasteiger partial charge in [0.05, 0.1) is 12.6 Å². The van der Waals surface area contributed by atoms with E-state index in [-0.39, 0.29) is 25.7 Å². The van der Waals surface area contributed by atoms with Gasteiger partial charge >= 0.3 is 5.97 Å². The molecule has 0 aliphatic carbocycles. The number of hydrogen-bond donors (Lipinski definition) is 8. The van der Waals surface area contributed by atoms with Gasteiger partial charge in [0.1, 0.15) is 18.1 Å². The molecule has 0 radical (unpaired) electrons. The lowest BCUT2D eigenvalue weighted by Crippen LogP contribution is -2.58. The summed E-state index contributed by atoms with van der Waals surface area (Å²) in [6, 6.07) is 11.3. The summed E-state index contributed by atoms with van der Waals surface area (Å²) in [5.74, 6) is -4.56. The number of aliphatic hydroxyl groups excluding tert-OH is 1. The number of aliphatic hydroxyl groups is 1.